The Morgan fingerprint density at radius 3 is 1.34 bits per heavy atom. The van der Waals surface area contributed by atoms with Gasteiger partial charge in [0.2, 0.25) is 29.5 Å². The monoisotopic (exact) mass is 1040 g/mol. The van der Waals surface area contributed by atoms with Crippen molar-refractivity contribution in [1.82, 2.24) is 26.6 Å². The standard InChI is InChI=1S/C55H105N9O5S2/c1-3-5-7-9-11-13-15-17-19-21-23-25-27-29-31-33-41-59-50(65)38-37-49(54(69)61-42-34-32-30-28-26-24-22-20-18-16-14-12-10-8-6-4-2)64-52(67)40-39-51(66)60-44-46-70-71-47-45-62-53(68)48(56)36-35-43-63-55(57)58/h17-20,48-49H,3-16,21-47,56H2,1-2H3,(H,59,65)(H,60,66)(H,61,69)(H,62,68)(H,64,67)(H4,57,58,63)/b19-17-,20-18-. The Balaban J connectivity index is 4.54. The third-order valence-electron chi connectivity index (χ3n) is 12.3. The Kier molecular flexibility index (Phi) is 50.6. The Morgan fingerprint density at radius 2 is 0.845 bits per heavy atom. The number of allylic oxidation sites excluding steroid dienone is 4. The van der Waals surface area contributed by atoms with Crippen LogP contribution in [0.1, 0.15) is 232 Å². The molecule has 2 atom stereocenters. The number of nitrogens with zero attached hydrogens (tertiary/aromatic N) is 1. The van der Waals surface area contributed by atoms with Crippen LogP contribution in [0.5, 0.6) is 0 Å². The maximum Gasteiger partial charge on any atom is 0.242 e. The molecule has 0 bridgehead atoms. The average Bonchev–Trinajstić information content (AvgIpc) is 3.35. The van der Waals surface area contributed by atoms with Crippen LogP contribution in [0.4, 0.5) is 0 Å². The summed E-state index contributed by atoms with van der Waals surface area (Å²) in [5.41, 5.74) is 16.5. The third-order valence-corrected chi connectivity index (χ3v) is 14.7. The lowest BCUT2D eigenvalue weighted by molar-refractivity contribution is -0.130. The lowest BCUT2D eigenvalue weighted by Gasteiger charge is -2.18. The van der Waals surface area contributed by atoms with E-state index in [1.54, 1.807) is 21.6 Å². The van der Waals surface area contributed by atoms with Crippen LogP contribution in [0.2, 0.25) is 0 Å². The van der Waals surface area contributed by atoms with Crippen LogP contribution in [0.25, 0.3) is 0 Å². The second-order valence-electron chi connectivity index (χ2n) is 19.0. The molecule has 0 aromatic carbocycles. The van der Waals surface area contributed by atoms with Gasteiger partial charge in [-0.25, -0.2) is 0 Å². The van der Waals surface area contributed by atoms with Crippen LogP contribution in [0, 0.1) is 0 Å². The molecule has 0 saturated carbocycles. The predicted octanol–water partition coefficient (Wildman–Crippen LogP) is 10.3. The number of carbonyl (C=O) groups excluding carboxylic acids is 5. The molecule has 0 aromatic rings. The Hall–Kier alpha value is -3.24. The molecule has 0 heterocycles. The van der Waals surface area contributed by atoms with E-state index in [2.05, 4.69) is 69.7 Å². The van der Waals surface area contributed by atoms with E-state index in [-0.39, 0.29) is 55.3 Å². The summed E-state index contributed by atoms with van der Waals surface area (Å²) in [5.74, 6) is 0.0529. The van der Waals surface area contributed by atoms with Gasteiger partial charge in [-0.05, 0) is 83.5 Å². The first-order valence-corrected chi connectivity index (χ1v) is 30.8. The summed E-state index contributed by atoms with van der Waals surface area (Å²) in [5, 5.41) is 14.5. The predicted molar refractivity (Wildman–Crippen MR) is 304 cm³/mol. The number of rotatable bonds is 52. The van der Waals surface area contributed by atoms with Crippen molar-refractivity contribution < 1.29 is 24.0 Å². The molecule has 0 aliphatic carbocycles. The summed E-state index contributed by atoms with van der Waals surface area (Å²) in [6.07, 6.45) is 44.9. The van der Waals surface area contributed by atoms with Crippen LogP contribution in [0.15, 0.2) is 29.3 Å². The molecule has 0 spiro atoms. The van der Waals surface area contributed by atoms with Gasteiger partial charge in [0, 0.05) is 63.5 Å². The van der Waals surface area contributed by atoms with E-state index in [0.717, 1.165) is 51.4 Å². The molecule has 0 aromatic heterocycles. The maximum absolute atomic E-state index is 13.3. The van der Waals surface area contributed by atoms with Gasteiger partial charge in [0.05, 0.1) is 6.04 Å². The van der Waals surface area contributed by atoms with Crippen LogP contribution in [0.3, 0.4) is 0 Å². The first kappa shape index (κ1) is 67.8. The topological polar surface area (TPSA) is 236 Å². The zero-order valence-electron chi connectivity index (χ0n) is 45.0. The highest BCUT2D eigenvalue weighted by atomic mass is 33.1. The van der Waals surface area contributed by atoms with Gasteiger partial charge >= 0.3 is 0 Å². The highest BCUT2D eigenvalue weighted by Crippen LogP contribution is 2.19. The number of hydrogen-bond acceptors (Lipinski definition) is 9. The number of nitrogens with one attached hydrogen (secondary N) is 5. The molecule has 2 unspecified atom stereocenters. The summed E-state index contributed by atoms with van der Waals surface area (Å²) in [7, 11) is 3.15. The molecule has 16 heteroatoms. The number of carbonyl (C=O) groups is 5. The van der Waals surface area contributed by atoms with E-state index >= 15 is 0 Å². The molecule has 0 aliphatic heterocycles. The van der Waals surface area contributed by atoms with Gasteiger partial charge in [-0.15, -0.1) is 0 Å². The average molecular weight is 1040 g/mol. The highest BCUT2D eigenvalue weighted by molar-refractivity contribution is 8.76. The van der Waals surface area contributed by atoms with Crippen molar-refractivity contribution in [3.05, 3.63) is 24.3 Å². The molecular formula is C55H105N9O5S2. The minimum atomic E-state index is -0.860. The molecule has 71 heavy (non-hydrogen) atoms. The van der Waals surface area contributed by atoms with E-state index in [1.165, 1.54) is 128 Å². The minimum Gasteiger partial charge on any atom is -0.370 e. The van der Waals surface area contributed by atoms with E-state index in [1.807, 2.05) is 0 Å². The SMILES string of the molecule is CCCCCCCC/C=C\CCCCCCCCNC(=O)CCC(NC(=O)CCC(=O)NCCSSCCNC(=O)C(N)CCCN=C(N)N)C(=O)NCCCCCCCC/C=C\CCCCCCCC. The fourth-order valence-corrected chi connectivity index (χ4v) is 9.68. The van der Waals surface area contributed by atoms with Crippen molar-refractivity contribution in [2.45, 2.75) is 244 Å². The van der Waals surface area contributed by atoms with Gasteiger partial charge in [-0.2, -0.15) is 0 Å². The fraction of sp³-hybridized carbons (Fsp3) is 0.818. The Bertz CT molecular complexity index is 1400. The van der Waals surface area contributed by atoms with Gasteiger partial charge in [0.25, 0.3) is 0 Å². The van der Waals surface area contributed by atoms with Crippen LogP contribution in [-0.4, -0.2) is 91.8 Å². The second-order valence-corrected chi connectivity index (χ2v) is 21.7. The van der Waals surface area contributed by atoms with Crippen molar-refractivity contribution in [3.63, 3.8) is 0 Å². The van der Waals surface area contributed by atoms with E-state index < -0.39 is 18.0 Å². The zero-order chi connectivity index (χ0) is 52.1. The number of guanidine groups is 1. The fourth-order valence-electron chi connectivity index (χ4n) is 7.87. The smallest absolute Gasteiger partial charge is 0.242 e. The maximum atomic E-state index is 13.3. The van der Waals surface area contributed by atoms with Crippen molar-refractivity contribution in [2.75, 3.05) is 44.2 Å². The molecule has 412 valence electrons. The van der Waals surface area contributed by atoms with Crippen molar-refractivity contribution >= 4 is 57.1 Å². The molecule has 11 N–H and O–H groups in total. The van der Waals surface area contributed by atoms with Gasteiger partial charge in [-0.3, -0.25) is 29.0 Å². The molecule has 0 radical (unpaired) electrons. The van der Waals surface area contributed by atoms with Crippen LogP contribution < -0.4 is 43.8 Å². The summed E-state index contributed by atoms with van der Waals surface area (Å²) >= 11 is 0. The molecule has 0 aliphatic rings. The Labute approximate surface area is 440 Å². The molecule has 0 rings (SSSR count). The molecular weight excluding hydrogens is 931 g/mol. The van der Waals surface area contributed by atoms with Crippen molar-refractivity contribution in [3.8, 4) is 0 Å². The minimum absolute atomic E-state index is 0.0114. The van der Waals surface area contributed by atoms with Gasteiger partial charge in [-0.1, -0.05) is 175 Å². The Morgan fingerprint density at radius 1 is 0.451 bits per heavy atom. The quantitative estimate of drug-likeness (QED) is 0.00943. The lowest BCUT2D eigenvalue weighted by Crippen LogP contribution is -2.47. The van der Waals surface area contributed by atoms with Crippen LogP contribution >= 0.6 is 21.6 Å². The molecule has 0 fully saturated rings. The first-order chi connectivity index (χ1) is 34.6. The van der Waals surface area contributed by atoms with E-state index in [9.17, 15) is 24.0 Å². The molecule has 5 amide bonds. The van der Waals surface area contributed by atoms with Crippen LogP contribution in [-0.2, 0) is 24.0 Å². The molecule has 14 nitrogen and oxygen atoms in total. The number of nitrogens with two attached hydrogens (primary N) is 3. The molecule has 0 saturated heterocycles. The number of amides is 5. The number of hydrogen-bond donors (Lipinski definition) is 8. The van der Waals surface area contributed by atoms with E-state index in [0.29, 0.717) is 57.1 Å². The van der Waals surface area contributed by atoms with Gasteiger partial charge in [0.1, 0.15) is 6.04 Å². The number of aliphatic imine (C=N–C) groups is 1. The number of unbranched alkanes of at least 4 members (excludes halogenated alkanes) is 24. The van der Waals surface area contributed by atoms with Crippen molar-refractivity contribution in [1.29, 1.82) is 0 Å². The summed E-state index contributed by atoms with van der Waals surface area (Å²) in [4.78, 5) is 67.7. The van der Waals surface area contributed by atoms with E-state index in [4.69, 9.17) is 17.2 Å². The van der Waals surface area contributed by atoms with Gasteiger partial charge in [0.15, 0.2) is 5.96 Å². The largest absolute Gasteiger partial charge is 0.370 e. The third kappa shape index (κ3) is 50.1. The second kappa shape index (κ2) is 53.1. The van der Waals surface area contributed by atoms with Crippen molar-refractivity contribution in [2.24, 2.45) is 22.2 Å². The first-order valence-electron chi connectivity index (χ1n) is 28.3. The highest BCUT2D eigenvalue weighted by Gasteiger charge is 2.22. The summed E-state index contributed by atoms with van der Waals surface area (Å²) < 4.78 is 0. The normalized spacial score (nSPS) is 12.2. The van der Waals surface area contributed by atoms with Gasteiger partial charge < -0.3 is 43.8 Å². The zero-order valence-corrected chi connectivity index (χ0v) is 46.6. The summed E-state index contributed by atoms with van der Waals surface area (Å²) in [6.45, 7) is 6.96. The summed E-state index contributed by atoms with van der Waals surface area (Å²) in [6, 6.07) is -1.48. The lowest BCUT2D eigenvalue weighted by atomic mass is 10.1.